The van der Waals surface area contributed by atoms with Gasteiger partial charge in [-0.3, -0.25) is 0 Å². The van der Waals surface area contributed by atoms with E-state index in [4.69, 9.17) is 14.2 Å². The van der Waals surface area contributed by atoms with Crippen molar-refractivity contribution in [3.63, 3.8) is 0 Å². The van der Waals surface area contributed by atoms with E-state index in [0.717, 1.165) is 19.4 Å². The van der Waals surface area contributed by atoms with E-state index in [1.54, 1.807) is 0 Å². The topological polar surface area (TPSA) is 78.4 Å². The molecule has 19 heavy (non-hydrogen) atoms. The highest BCUT2D eigenvalue weighted by Gasteiger charge is 2.07. The molecule has 0 aliphatic carbocycles. The maximum Gasteiger partial charge on any atom is 0.324 e. The van der Waals surface area contributed by atoms with Crippen LogP contribution >= 0.6 is 0 Å². The summed E-state index contributed by atoms with van der Waals surface area (Å²) >= 11 is 0. The van der Waals surface area contributed by atoms with Crippen LogP contribution in [0, 0.1) is 0 Å². The quantitative estimate of drug-likeness (QED) is 0.645. The Morgan fingerprint density at radius 1 is 1.00 bits per heavy atom. The lowest BCUT2D eigenvalue weighted by atomic mass is 10.4. The Labute approximate surface area is 113 Å². The van der Waals surface area contributed by atoms with Gasteiger partial charge >= 0.3 is 12.0 Å². The van der Waals surface area contributed by atoms with Crippen LogP contribution in [0.15, 0.2) is 0 Å². The summed E-state index contributed by atoms with van der Waals surface area (Å²) in [5, 5.41) is 2.99. The van der Waals surface area contributed by atoms with E-state index in [9.17, 15) is 0 Å². The van der Waals surface area contributed by atoms with Crippen LogP contribution in [0.1, 0.15) is 26.7 Å². The van der Waals surface area contributed by atoms with E-state index in [2.05, 4.69) is 27.2 Å². The molecule has 0 fully saturated rings. The van der Waals surface area contributed by atoms with Crippen LogP contribution in [0.25, 0.3) is 0 Å². The first-order valence-electron chi connectivity index (χ1n) is 6.54. The molecule has 7 heteroatoms. The molecule has 108 valence electrons. The fourth-order valence-corrected chi connectivity index (χ4v) is 1.27. The number of anilines is 1. The molecule has 0 aliphatic heterocycles. The van der Waals surface area contributed by atoms with Crippen molar-refractivity contribution >= 4 is 5.95 Å². The molecule has 1 N–H and O–H groups in total. The highest BCUT2D eigenvalue weighted by atomic mass is 16.5. The average molecular weight is 270 g/mol. The zero-order valence-electron chi connectivity index (χ0n) is 11.8. The fraction of sp³-hybridized carbons (Fsp3) is 0.750. The second-order valence-electron chi connectivity index (χ2n) is 3.77. The van der Waals surface area contributed by atoms with Crippen molar-refractivity contribution in [2.45, 2.75) is 26.7 Å². The van der Waals surface area contributed by atoms with Crippen molar-refractivity contribution in [2.24, 2.45) is 0 Å². The maximum atomic E-state index is 5.41. The molecule has 0 radical (unpaired) electrons. The minimum Gasteiger partial charge on any atom is -0.467 e. The van der Waals surface area contributed by atoms with E-state index < -0.39 is 0 Å². The van der Waals surface area contributed by atoms with Gasteiger partial charge in [-0.05, 0) is 13.3 Å². The van der Waals surface area contributed by atoms with Crippen molar-refractivity contribution in [3.05, 3.63) is 0 Å². The molecule has 1 aromatic rings. The molecule has 0 unspecified atom stereocenters. The summed E-state index contributed by atoms with van der Waals surface area (Å²) in [4.78, 5) is 12.2. The lowest BCUT2D eigenvalue weighted by Crippen LogP contribution is -2.11. The van der Waals surface area contributed by atoms with Crippen molar-refractivity contribution < 1.29 is 14.2 Å². The van der Waals surface area contributed by atoms with Crippen molar-refractivity contribution in [1.82, 2.24) is 15.0 Å². The molecule has 7 nitrogen and oxygen atoms in total. The van der Waals surface area contributed by atoms with Crippen molar-refractivity contribution in [3.8, 4) is 12.0 Å². The molecule has 0 amide bonds. The van der Waals surface area contributed by atoms with Gasteiger partial charge in [-0.2, -0.15) is 9.97 Å². The Kier molecular flexibility index (Phi) is 7.57. The number of aromatic nitrogens is 3. The van der Waals surface area contributed by atoms with Gasteiger partial charge in [-0.15, -0.1) is 4.98 Å². The summed E-state index contributed by atoms with van der Waals surface area (Å²) in [5.74, 6) is 0.441. The van der Waals surface area contributed by atoms with Crippen LogP contribution < -0.4 is 14.8 Å². The number of nitrogens with zero attached hydrogens (tertiary/aromatic N) is 3. The predicted molar refractivity (Wildman–Crippen MR) is 71.8 cm³/mol. The first-order chi connectivity index (χ1) is 9.30. The monoisotopic (exact) mass is 270 g/mol. The van der Waals surface area contributed by atoms with Gasteiger partial charge < -0.3 is 19.5 Å². The van der Waals surface area contributed by atoms with Gasteiger partial charge in [0.15, 0.2) is 0 Å². The van der Waals surface area contributed by atoms with Crippen LogP contribution in [0.2, 0.25) is 0 Å². The van der Waals surface area contributed by atoms with Crippen LogP contribution in [0.5, 0.6) is 12.0 Å². The number of ether oxygens (including phenoxy) is 3. The third-order valence-corrected chi connectivity index (χ3v) is 2.21. The van der Waals surface area contributed by atoms with Gasteiger partial charge in [0.2, 0.25) is 5.95 Å². The summed E-state index contributed by atoms with van der Waals surface area (Å²) < 4.78 is 15.8. The van der Waals surface area contributed by atoms with Gasteiger partial charge in [0, 0.05) is 13.2 Å². The Morgan fingerprint density at radius 3 is 2.47 bits per heavy atom. The van der Waals surface area contributed by atoms with Crippen LogP contribution in [0.3, 0.4) is 0 Å². The van der Waals surface area contributed by atoms with E-state index in [1.807, 2.05) is 6.92 Å². The lowest BCUT2D eigenvalue weighted by Gasteiger charge is -2.08. The van der Waals surface area contributed by atoms with Gasteiger partial charge in [0.1, 0.15) is 6.61 Å². The van der Waals surface area contributed by atoms with Crippen molar-refractivity contribution in [2.75, 3.05) is 38.8 Å². The molecule has 0 saturated carbocycles. The number of nitrogens with one attached hydrogen (secondary N) is 1. The van der Waals surface area contributed by atoms with E-state index in [1.165, 1.54) is 7.11 Å². The fourth-order valence-electron chi connectivity index (χ4n) is 1.27. The lowest BCUT2D eigenvalue weighted by molar-refractivity contribution is 0.0943. The van der Waals surface area contributed by atoms with E-state index in [-0.39, 0.29) is 12.0 Å². The molecule has 1 rings (SSSR count). The number of hydrogen-bond acceptors (Lipinski definition) is 7. The van der Waals surface area contributed by atoms with Gasteiger partial charge in [0.05, 0.1) is 13.7 Å². The second-order valence-corrected chi connectivity index (χ2v) is 3.77. The van der Waals surface area contributed by atoms with E-state index >= 15 is 0 Å². The molecule has 1 aromatic heterocycles. The number of rotatable bonds is 10. The Bertz CT molecular complexity index is 363. The molecular formula is C12H22N4O3. The standard InChI is InChI=1S/C12H22N4O3/c1-4-6-7-18-8-9-19-12-15-10(13-5-2)14-11(16-12)17-3/h4-9H2,1-3H3,(H,13,14,15,16). The molecular weight excluding hydrogens is 248 g/mol. The third-order valence-electron chi connectivity index (χ3n) is 2.21. The van der Waals surface area contributed by atoms with Crippen LogP contribution in [0.4, 0.5) is 5.95 Å². The highest BCUT2D eigenvalue weighted by Crippen LogP contribution is 2.12. The summed E-state index contributed by atoms with van der Waals surface area (Å²) in [5.41, 5.74) is 0. The number of methoxy groups -OCH3 is 1. The minimum atomic E-state index is 0.229. The molecule has 0 bridgehead atoms. The van der Waals surface area contributed by atoms with Gasteiger partial charge in [-0.25, -0.2) is 0 Å². The first kappa shape index (κ1) is 15.4. The van der Waals surface area contributed by atoms with Crippen LogP contribution in [-0.4, -0.2) is 48.4 Å². The highest BCUT2D eigenvalue weighted by molar-refractivity contribution is 5.27. The molecule has 0 atom stereocenters. The average Bonchev–Trinajstić information content (AvgIpc) is 2.43. The summed E-state index contributed by atoms with van der Waals surface area (Å²) in [6.07, 6.45) is 2.18. The smallest absolute Gasteiger partial charge is 0.324 e. The number of hydrogen-bond donors (Lipinski definition) is 1. The Balaban J connectivity index is 2.41. The van der Waals surface area contributed by atoms with Crippen LogP contribution in [-0.2, 0) is 4.74 Å². The van der Waals surface area contributed by atoms with Gasteiger partial charge in [-0.1, -0.05) is 13.3 Å². The van der Waals surface area contributed by atoms with Gasteiger partial charge in [0.25, 0.3) is 0 Å². The molecule has 0 aliphatic rings. The first-order valence-corrected chi connectivity index (χ1v) is 6.54. The molecule has 0 saturated heterocycles. The summed E-state index contributed by atoms with van der Waals surface area (Å²) in [6, 6.07) is 0.467. The number of unbranched alkanes of at least 4 members (excludes halogenated alkanes) is 1. The minimum absolute atomic E-state index is 0.229. The third kappa shape index (κ3) is 6.19. The Morgan fingerprint density at radius 2 is 1.79 bits per heavy atom. The maximum absolute atomic E-state index is 5.41. The Hall–Kier alpha value is -1.63. The zero-order chi connectivity index (χ0) is 13.9. The molecule has 1 heterocycles. The summed E-state index contributed by atoms with van der Waals surface area (Å²) in [6.45, 7) is 6.47. The largest absolute Gasteiger partial charge is 0.467 e. The predicted octanol–water partition coefficient (Wildman–Crippen LogP) is 1.51. The SMILES string of the molecule is CCCCOCCOc1nc(NCC)nc(OC)n1. The van der Waals surface area contributed by atoms with E-state index in [0.29, 0.717) is 25.7 Å². The second kappa shape index (κ2) is 9.32. The molecule has 0 spiro atoms. The molecule has 0 aromatic carbocycles. The van der Waals surface area contributed by atoms with Crippen molar-refractivity contribution in [1.29, 1.82) is 0 Å². The normalized spacial score (nSPS) is 10.3. The summed E-state index contributed by atoms with van der Waals surface area (Å²) in [7, 11) is 1.50. The zero-order valence-corrected chi connectivity index (χ0v) is 11.8.